The van der Waals surface area contributed by atoms with Crippen LogP contribution in [0, 0.1) is 0 Å². The normalized spacial score (nSPS) is 20.6. The third-order valence-electron chi connectivity index (χ3n) is 3.50. The molecule has 0 saturated carbocycles. The standard InChI is InChI=1S/C15H16N2O2/c1-17-6-7-19-14(10-17)15(18)13-9-16-8-11-4-2-3-5-12(11)13/h2-5,8-9,14H,6-7,10H2,1H3. The van der Waals surface area contributed by atoms with E-state index in [4.69, 9.17) is 4.74 Å². The van der Waals surface area contributed by atoms with Crippen molar-refractivity contribution in [3.8, 4) is 0 Å². The van der Waals surface area contributed by atoms with Crippen LogP contribution in [0.3, 0.4) is 0 Å². The van der Waals surface area contributed by atoms with Gasteiger partial charge in [-0.1, -0.05) is 24.3 Å². The second kappa shape index (κ2) is 5.07. The van der Waals surface area contributed by atoms with Crippen molar-refractivity contribution >= 4 is 16.6 Å². The quantitative estimate of drug-likeness (QED) is 0.768. The molecule has 1 aliphatic heterocycles. The van der Waals surface area contributed by atoms with E-state index in [1.54, 1.807) is 12.4 Å². The van der Waals surface area contributed by atoms with Crippen molar-refractivity contribution in [1.82, 2.24) is 9.88 Å². The van der Waals surface area contributed by atoms with E-state index in [2.05, 4.69) is 9.88 Å². The van der Waals surface area contributed by atoms with E-state index in [1.165, 1.54) is 0 Å². The van der Waals surface area contributed by atoms with Crippen LogP contribution in [-0.4, -0.2) is 48.5 Å². The molecular weight excluding hydrogens is 240 g/mol. The highest BCUT2D eigenvalue weighted by atomic mass is 16.5. The molecule has 0 bridgehead atoms. The number of fused-ring (bicyclic) bond motifs is 1. The smallest absolute Gasteiger partial charge is 0.195 e. The second-order valence-electron chi connectivity index (χ2n) is 4.89. The number of morpholine rings is 1. The van der Waals surface area contributed by atoms with Crippen LogP contribution in [0.2, 0.25) is 0 Å². The summed E-state index contributed by atoms with van der Waals surface area (Å²) in [6.07, 6.45) is 3.04. The molecular formula is C15H16N2O2. The number of rotatable bonds is 2. The first-order valence-electron chi connectivity index (χ1n) is 6.43. The maximum absolute atomic E-state index is 12.6. The van der Waals surface area contributed by atoms with Crippen LogP contribution in [0.1, 0.15) is 10.4 Å². The molecule has 2 aromatic rings. The molecule has 1 aromatic heterocycles. The van der Waals surface area contributed by atoms with Crippen LogP contribution in [0.25, 0.3) is 10.8 Å². The minimum atomic E-state index is -0.383. The van der Waals surface area contributed by atoms with Gasteiger partial charge >= 0.3 is 0 Å². The lowest BCUT2D eigenvalue weighted by Crippen LogP contribution is -2.44. The summed E-state index contributed by atoms with van der Waals surface area (Å²) in [5, 5.41) is 1.93. The lowest BCUT2D eigenvalue weighted by atomic mass is 10.0. The Morgan fingerprint density at radius 3 is 3.05 bits per heavy atom. The van der Waals surface area contributed by atoms with Crippen molar-refractivity contribution in [2.45, 2.75) is 6.10 Å². The van der Waals surface area contributed by atoms with Gasteiger partial charge in [-0.15, -0.1) is 0 Å². The molecule has 1 aromatic carbocycles. The number of benzene rings is 1. The maximum atomic E-state index is 12.6. The van der Waals surface area contributed by atoms with Gasteiger partial charge in [0.25, 0.3) is 0 Å². The van der Waals surface area contributed by atoms with Gasteiger partial charge in [0.2, 0.25) is 0 Å². The molecule has 1 saturated heterocycles. The van der Waals surface area contributed by atoms with E-state index in [9.17, 15) is 4.79 Å². The zero-order valence-electron chi connectivity index (χ0n) is 10.9. The number of carbonyl (C=O) groups excluding carboxylic acids is 1. The van der Waals surface area contributed by atoms with Crippen molar-refractivity contribution in [2.75, 3.05) is 26.7 Å². The fourth-order valence-corrected chi connectivity index (χ4v) is 2.42. The first kappa shape index (κ1) is 12.3. The Morgan fingerprint density at radius 2 is 2.21 bits per heavy atom. The Labute approximate surface area is 112 Å². The molecule has 1 aliphatic rings. The van der Waals surface area contributed by atoms with Crippen LogP contribution in [0.5, 0.6) is 0 Å². The summed E-state index contributed by atoms with van der Waals surface area (Å²) >= 11 is 0. The minimum Gasteiger partial charge on any atom is -0.367 e. The van der Waals surface area contributed by atoms with Crippen molar-refractivity contribution in [3.63, 3.8) is 0 Å². The molecule has 3 rings (SSSR count). The molecule has 0 amide bonds. The molecule has 0 radical (unpaired) electrons. The summed E-state index contributed by atoms with van der Waals surface area (Å²) in [5.74, 6) is 0.0239. The Kier molecular flexibility index (Phi) is 3.27. The summed E-state index contributed by atoms with van der Waals surface area (Å²) in [6, 6.07) is 7.81. The first-order chi connectivity index (χ1) is 9.25. The largest absolute Gasteiger partial charge is 0.367 e. The summed E-state index contributed by atoms with van der Waals surface area (Å²) in [7, 11) is 2.00. The number of ether oxygens (including phenoxy) is 1. The molecule has 2 heterocycles. The molecule has 0 aliphatic carbocycles. The average Bonchev–Trinajstić information content (AvgIpc) is 2.46. The number of hydrogen-bond acceptors (Lipinski definition) is 4. The molecule has 1 atom stereocenters. The molecule has 0 spiro atoms. The number of likely N-dealkylation sites (N-methyl/N-ethyl adjacent to an activating group) is 1. The summed E-state index contributed by atoms with van der Waals surface area (Å²) in [5.41, 5.74) is 0.651. The van der Waals surface area contributed by atoms with Gasteiger partial charge in [0.1, 0.15) is 6.10 Å². The molecule has 4 nitrogen and oxygen atoms in total. The fraction of sp³-hybridized carbons (Fsp3) is 0.333. The summed E-state index contributed by atoms with van der Waals surface area (Å²) < 4.78 is 5.59. The van der Waals surface area contributed by atoms with E-state index in [1.807, 2.05) is 31.3 Å². The topological polar surface area (TPSA) is 42.4 Å². The average molecular weight is 256 g/mol. The van der Waals surface area contributed by atoms with Gasteiger partial charge in [-0.3, -0.25) is 9.78 Å². The second-order valence-corrected chi connectivity index (χ2v) is 4.89. The predicted octanol–water partition coefficient (Wildman–Crippen LogP) is 1.75. The number of ketones is 1. The third kappa shape index (κ3) is 2.37. The van der Waals surface area contributed by atoms with Crippen LogP contribution in [0.15, 0.2) is 36.7 Å². The van der Waals surface area contributed by atoms with Crippen molar-refractivity contribution in [2.24, 2.45) is 0 Å². The predicted molar refractivity (Wildman–Crippen MR) is 73.3 cm³/mol. The number of nitrogens with zero attached hydrogens (tertiary/aromatic N) is 2. The Balaban J connectivity index is 1.97. The van der Waals surface area contributed by atoms with E-state index < -0.39 is 0 Å². The number of carbonyl (C=O) groups is 1. The highest BCUT2D eigenvalue weighted by molar-refractivity contribution is 6.09. The Bertz CT molecular complexity index is 607. The Morgan fingerprint density at radius 1 is 1.37 bits per heavy atom. The van der Waals surface area contributed by atoms with Crippen molar-refractivity contribution < 1.29 is 9.53 Å². The first-order valence-corrected chi connectivity index (χ1v) is 6.43. The molecule has 4 heteroatoms. The van der Waals surface area contributed by atoms with Crippen LogP contribution >= 0.6 is 0 Å². The molecule has 19 heavy (non-hydrogen) atoms. The molecule has 1 unspecified atom stereocenters. The number of Topliss-reactive ketones (excluding diaryl/α,β-unsaturated/α-hetero) is 1. The summed E-state index contributed by atoms with van der Waals surface area (Å²) in [6.45, 7) is 2.12. The highest BCUT2D eigenvalue weighted by Crippen LogP contribution is 2.20. The van der Waals surface area contributed by atoms with Gasteiger partial charge in [0, 0.05) is 36.4 Å². The number of pyridine rings is 1. The Hall–Kier alpha value is -1.78. The lowest BCUT2D eigenvalue weighted by molar-refractivity contribution is -0.00854. The summed E-state index contributed by atoms with van der Waals surface area (Å²) in [4.78, 5) is 18.8. The zero-order chi connectivity index (χ0) is 13.2. The van der Waals surface area contributed by atoms with Gasteiger partial charge in [0.05, 0.1) is 6.61 Å². The molecule has 1 fully saturated rings. The van der Waals surface area contributed by atoms with Gasteiger partial charge in [-0.2, -0.15) is 0 Å². The zero-order valence-corrected chi connectivity index (χ0v) is 10.9. The fourth-order valence-electron chi connectivity index (χ4n) is 2.42. The number of aromatic nitrogens is 1. The van der Waals surface area contributed by atoms with Gasteiger partial charge in [0.15, 0.2) is 5.78 Å². The van der Waals surface area contributed by atoms with Crippen molar-refractivity contribution in [3.05, 3.63) is 42.2 Å². The SMILES string of the molecule is CN1CCOC(C(=O)c2cncc3ccccc23)C1. The van der Waals surface area contributed by atoms with Crippen LogP contribution in [-0.2, 0) is 4.74 Å². The number of hydrogen-bond donors (Lipinski definition) is 0. The minimum absolute atomic E-state index is 0.0239. The third-order valence-corrected chi connectivity index (χ3v) is 3.50. The van der Waals surface area contributed by atoms with Crippen molar-refractivity contribution in [1.29, 1.82) is 0 Å². The highest BCUT2D eigenvalue weighted by Gasteiger charge is 2.26. The molecule has 98 valence electrons. The van der Waals surface area contributed by atoms with E-state index in [0.717, 1.165) is 17.3 Å². The van der Waals surface area contributed by atoms with Crippen LogP contribution in [0.4, 0.5) is 0 Å². The lowest BCUT2D eigenvalue weighted by Gasteiger charge is -2.29. The van der Waals surface area contributed by atoms with Gasteiger partial charge < -0.3 is 9.64 Å². The van der Waals surface area contributed by atoms with Gasteiger partial charge in [-0.25, -0.2) is 0 Å². The maximum Gasteiger partial charge on any atom is 0.195 e. The van der Waals surface area contributed by atoms with Gasteiger partial charge in [-0.05, 0) is 12.4 Å². The van der Waals surface area contributed by atoms with E-state index in [-0.39, 0.29) is 11.9 Å². The molecule has 0 N–H and O–H groups in total. The van der Waals surface area contributed by atoms with E-state index >= 15 is 0 Å². The van der Waals surface area contributed by atoms with Crippen LogP contribution < -0.4 is 0 Å². The monoisotopic (exact) mass is 256 g/mol. The van der Waals surface area contributed by atoms with E-state index in [0.29, 0.717) is 18.7 Å².